The zero-order chi connectivity index (χ0) is 15.0. The van der Waals surface area contributed by atoms with Gasteiger partial charge in [0.1, 0.15) is 5.69 Å². The highest BCUT2D eigenvalue weighted by Gasteiger charge is 2.34. The maximum atomic E-state index is 12.6. The third kappa shape index (κ3) is 2.61. The van der Waals surface area contributed by atoms with Gasteiger partial charge in [0.15, 0.2) is 0 Å². The molecule has 2 atom stereocenters. The molecule has 112 valence electrons. The molecule has 1 aliphatic heterocycles. The summed E-state index contributed by atoms with van der Waals surface area (Å²) in [6, 6.07) is 1.76. The molecular weight excluding hydrogens is 286 g/mol. The lowest BCUT2D eigenvalue weighted by atomic mass is 10.0. The number of aliphatic hydroxyl groups is 1. The summed E-state index contributed by atoms with van der Waals surface area (Å²) in [5.41, 5.74) is 2.37. The van der Waals surface area contributed by atoms with Gasteiger partial charge in [0.2, 0.25) is 0 Å². The van der Waals surface area contributed by atoms with Crippen molar-refractivity contribution in [3.8, 4) is 11.3 Å². The number of aromatic amines is 1. The molecule has 0 radical (unpaired) electrons. The van der Waals surface area contributed by atoms with Crippen LogP contribution < -0.4 is 0 Å². The maximum absolute atomic E-state index is 12.6. The van der Waals surface area contributed by atoms with Gasteiger partial charge in [-0.3, -0.25) is 4.79 Å². The number of likely N-dealkylation sites (tertiary alicyclic amines) is 1. The predicted octanol–water partition coefficient (Wildman–Crippen LogP) is 2.29. The van der Waals surface area contributed by atoms with E-state index in [1.165, 1.54) is 0 Å². The quantitative estimate of drug-likeness (QED) is 0.914. The van der Waals surface area contributed by atoms with Gasteiger partial charge in [0.25, 0.3) is 5.91 Å². The fourth-order valence-electron chi connectivity index (χ4n) is 2.86. The molecule has 0 spiro atoms. The first kappa shape index (κ1) is 14.3. The molecule has 0 saturated carbocycles. The van der Waals surface area contributed by atoms with E-state index in [1.54, 1.807) is 16.2 Å². The van der Waals surface area contributed by atoms with E-state index in [9.17, 15) is 9.90 Å². The minimum absolute atomic E-state index is 0.0196. The van der Waals surface area contributed by atoms with Crippen LogP contribution in [-0.2, 0) is 0 Å². The van der Waals surface area contributed by atoms with E-state index in [1.807, 2.05) is 24.6 Å². The van der Waals surface area contributed by atoms with Crippen molar-refractivity contribution in [2.45, 2.75) is 26.3 Å². The highest BCUT2D eigenvalue weighted by atomic mass is 32.1. The molecule has 0 aromatic carbocycles. The summed E-state index contributed by atoms with van der Waals surface area (Å²) in [6.45, 7) is 4.76. The molecule has 0 aliphatic carbocycles. The average Bonchev–Trinajstić information content (AvgIpc) is 3.16. The summed E-state index contributed by atoms with van der Waals surface area (Å²) in [4.78, 5) is 21.8. The van der Waals surface area contributed by atoms with E-state index in [2.05, 4.69) is 16.9 Å². The Morgan fingerprint density at radius 3 is 3.10 bits per heavy atom. The summed E-state index contributed by atoms with van der Waals surface area (Å²) in [6.07, 6.45) is 2.75. The third-order valence-corrected chi connectivity index (χ3v) is 4.93. The number of rotatable bonds is 3. The van der Waals surface area contributed by atoms with Gasteiger partial charge in [-0.2, -0.15) is 0 Å². The molecule has 1 fully saturated rings. The van der Waals surface area contributed by atoms with Crippen LogP contribution in [0.2, 0.25) is 0 Å². The number of H-pyrrole nitrogens is 1. The van der Waals surface area contributed by atoms with E-state index in [-0.39, 0.29) is 18.6 Å². The number of hydrogen-bond donors (Lipinski definition) is 2. The van der Waals surface area contributed by atoms with Crippen LogP contribution in [-0.4, -0.2) is 45.1 Å². The highest BCUT2D eigenvalue weighted by molar-refractivity contribution is 7.09. The largest absolute Gasteiger partial charge is 0.394 e. The number of thiazole rings is 1. The minimum Gasteiger partial charge on any atom is -0.394 e. The lowest BCUT2D eigenvalue weighted by Gasteiger charge is -2.24. The van der Waals surface area contributed by atoms with E-state index in [4.69, 9.17) is 0 Å². The van der Waals surface area contributed by atoms with Gasteiger partial charge >= 0.3 is 0 Å². The van der Waals surface area contributed by atoms with E-state index < -0.39 is 0 Å². The number of carbonyl (C=O) groups is 1. The number of amides is 1. The molecule has 21 heavy (non-hydrogen) atoms. The standard InChI is InChI=1S/C15H19N3O2S/c1-9-3-4-18(14(9)7-19)15(20)12-5-11(6-16-12)13-8-21-10(2)17-13/h5-6,8-9,14,16,19H,3-4,7H2,1-2H3. The van der Waals surface area contributed by atoms with Crippen LogP contribution in [0.3, 0.4) is 0 Å². The van der Waals surface area contributed by atoms with Gasteiger partial charge < -0.3 is 15.0 Å². The zero-order valence-corrected chi connectivity index (χ0v) is 13.0. The molecule has 1 amide bonds. The lowest BCUT2D eigenvalue weighted by Crippen LogP contribution is -2.39. The smallest absolute Gasteiger partial charge is 0.270 e. The molecule has 3 rings (SSSR count). The Morgan fingerprint density at radius 2 is 2.43 bits per heavy atom. The fraction of sp³-hybridized carbons (Fsp3) is 0.467. The molecule has 0 bridgehead atoms. The second kappa shape index (κ2) is 5.61. The van der Waals surface area contributed by atoms with Crippen LogP contribution in [0.25, 0.3) is 11.3 Å². The fourth-order valence-corrected chi connectivity index (χ4v) is 3.48. The Balaban J connectivity index is 1.81. The SMILES string of the molecule is Cc1nc(-c2c[nH]c(C(=O)N3CCC(C)C3CO)c2)cs1. The molecule has 6 heteroatoms. The van der Waals surface area contributed by atoms with E-state index in [0.29, 0.717) is 18.2 Å². The Hall–Kier alpha value is -1.66. The number of nitrogens with zero attached hydrogens (tertiary/aromatic N) is 2. The number of aryl methyl sites for hydroxylation is 1. The first-order valence-electron chi connectivity index (χ1n) is 7.13. The van der Waals surface area contributed by atoms with Crippen molar-refractivity contribution < 1.29 is 9.90 Å². The monoisotopic (exact) mass is 305 g/mol. The normalized spacial score (nSPS) is 22.0. The Labute approximate surface area is 127 Å². The van der Waals surface area contributed by atoms with Crippen molar-refractivity contribution in [2.24, 2.45) is 5.92 Å². The van der Waals surface area contributed by atoms with Gasteiger partial charge in [-0.1, -0.05) is 6.92 Å². The summed E-state index contributed by atoms with van der Waals surface area (Å²) in [5.74, 6) is 0.297. The summed E-state index contributed by atoms with van der Waals surface area (Å²) < 4.78 is 0. The molecule has 2 aromatic rings. The van der Waals surface area contributed by atoms with Crippen molar-refractivity contribution in [3.63, 3.8) is 0 Å². The first-order chi connectivity index (χ1) is 10.1. The van der Waals surface area contributed by atoms with Crippen LogP contribution in [0.1, 0.15) is 28.8 Å². The number of nitrogens with one attached hydrogen (secondary N) is 1. The summed E-state index contributed by atoms with van der Waals surface area (Å²) in [5, 5.41) is 12.5. The molecule has 2 unspecified atom stereocenters. The number of aromatic nitrogens is 2. The van der Waals surface area contributed by atoms with E-state index in [0.717, 1.165) is 22.7 Å². The van der Waals surface area contributed by atoms with Crippen molar-refractivity contribution >= 4 is 17.2 Å². The maximum Gasteiger partial charge on any atom is 0.270 e. The van der Waals surface area contributed by atoms with Crippen molar-refractivity contribution in [3.05, 3.63) is 28.3 Å². The summed E-state index contributed by atoms with van der Waals surface area (Å²) >= 11 is 1.59. The van der Waals surface area contributed by atoms with Gasteiger partial charge in [0.05, 0.1) is 23.4 Å². The Bertz CT molecular complexity index is 649. The average molecular weight is 305 g/mol. The van der Waals surface area contributed by atoms with Crippen molar-refractivity contribution in [2.75, 3.05) is 13.2 Å². The zero-order valence-electron chi connectivity index (χ0n) is 12.2. The Kier molecular flexibility index (Phi) is 3.82. The van der Waals surface area contributed by atoms with Gasteiger partial charge in [-0.25, -0.2) is 4.98 Å². The highest BCUT2D eigenvalue weighted by Crippen LogP contribution is 2.27. The van der Waals surface area contributed by atoms with Gasteiger partial charge in [0, 0.05) is 23.7 Å². The van der Waals surface area contributed by atoms with Crippen molar-refractivity contribution in [1.82, 2.24) is 14.9 Å². The van der Waals surface area contributed by atoms with E-state index >= 15 is 0 Å². The summed E-state index contributed by atoms with van der Waals surface area (Å²) in [7, 11) is 0. The first-order valence-corrected chi connectivity index (χ1v) is 8.01. The second-order valence-corrected chi connectivity index (χ2v) is 6.63. The lowest BCUT2D eigenvalue weighted by molar-refractivity contribution is 0.0643. The van der Waals surface area contributed by atoms with Gasteiger partial charge in [-0.15, -0.1) is 11.3 Å². The number of carbonyl (C=O) groups excluding carboxylic acids is 1. The predicted molar refractivity (Wildman–Crippen MR) is 82.3 cm³/mol. The second-order valence-electron chi connectivity index (χ2n) is 5.57. The molecular formula is C15H19N3O2S. The van der Waals surface area contributed by atoms with Crippen LogP contribution in [0.4, 0.5) is 0 Å². The van der Waals surface area contributed by atoms with Crippen molar-refractivity contribution in [1.29, 1.82) is 0 Å². The molecule has 2 aromatic heterocycles. The third-order valence-electron chi connectivity index (χ3n) is 4.16. The molecule has 5 nitrogen and oxygen atoms in total. The Morgan fingerprint density at radius 1 is 1.62 bits per heavy atom. The molecule has 3 heterocycles. The molecule has 2 N–H and O–H groups in total. The van der Waals surface area contributed by atoms with Crippen LogP contribution in [0.5, 0.6) is 0 Å². The molecule has 1 aliphatic rings. The van der Waals surface area contributed by atoms with Crippen LogP contribution >= 0.6 is 11.3 Å². The van der Waals surface area contributed by atoms with Crippen LogP contribution in [0.15, 0.2) is 17.6 Å². The van der Waals surface area contributed by atoms with Crippen LogP contribution in [0, 0.1) is 12.8 Å². The minimum atomic E-state index is -0.0780. The number of aliphatic hydroxyl groups excluding tert-OH is 1. The number of hydrogen-bond acceptors (Lipinski definition) is 4. The molecule has 1 saturated heterocycles. The topological polar surface area (TPSA) is 69.2 Å². The van der Waals surface area contributed by atoms with Gasteiger partial charge in [-0.05, 0) is 25.3 Å².